The molecule has 2 rings (SSSR count). The molecule has 0 N–H and O–H groups in total. The summed E-state index contributed by atoms with van der Waals surface area (Å²) in [4.78, 5) is 18.8. The third kappa shape index (κ3) is 6.76. The van der Waals surface area contributed by atoms with Crippen molar-refractivity contribution in [3.05, 3.63) is 36.4 Å². The Morgan fingerprint density at radius 2 is 2.10 bits per heavy atom. The van der Waals surface area contributed by atoms with Crippen molar-refractivity contribution in [2.24, 2.45) is 5.92 Å². The van der Waals surface area contributed by atoms with Crippen LogP contribution in [0.3, 0.4) is 0 Å². The van der Waals surface area contributed by atoms with Crippen LogP contribution in [0.25, 0.3) is 5.69 Å². The standard InChI is InChI=1S/C20H27F3N4OS/c1-4-7-17-18(13-27(25-17)16-8-6-10-24-12-16)26(5-2)19(28)15(3)14-29-11-9-20(21,22)23/h6,8,10,12-13,15H,4-5,7,9,11,14H2,1-3H3. The van der Waals surface area contributed by atoms with Crippen LogP contribution in [0.1, 0.15) is 39.3 Å². The van der Waals surface area contributed by atoms with Gasteiger partial charge in [-0.15, -0.1) is 0 Å². The van der Waals surface area contributed by atoms with Crippen LogP contribution >= 0.6 is 11.8 Å². The summed E-state index contributed by atoms with van der Waals surface area (Å²) < 4.78 is 38.6. The number of aryl methyl sites for hydroxylation is 1. The Labute approximate surface area is 173 Å². The van der Waals surface area contributed by atoms with Gasteiger partial charge in [0.1, 0.15) is 0 Å². The number of anilines is 1. The highest BCUT2D eigenvalue weighted by Gasteiger charge is 2.28. The minimum Gasteiger partial charge on any atom is -0.309 e. The molecule has 0 spiro atoms. The number of pyridine rings is 1. The monoisotopic (exact) mass is 428 g/mol. The van der Waals surface area contributed by atoms with Gasteiger partial charge in [0.25, 0.3) is 0 Å². The van der Waals surface area contributed by atoms with Gasteiger partial charge in [0.15, 0.2) is 0 Å². The summed E-state index contributed by atoms with van der Waals surface area (Å²) >= 11 is 1.16. The van der Waals surface area contributed by atoms with Gasteiger partial charge >= 0.3 is 6.18 Å². The molecule has 0 bridgehead atoms. The van der Waals surface area contributed by atoms with E-state index in [1.54, 1.807) is 28.9 Å². The summed E-state index contributed by atoms with van der Waals surface area (Å²) in [5.41, 5.74) is 2.37. The molecule has 2 aromatic rings. The second-order valence-electron chi connectivity index (χ2n) is 6.79. The van der Waals surface area contributed by atoms with Gasteiger partial charge < -0.3 is 4.90 Å². The molecular formula is C20H27F3N4OS. The average molecular weight is 429 g/mol. The molecule has 0 aromatic carbocycles. The number of nitrogens with zero attached hydrogens (tertiary/aromatic N) is 4. The molecule has 1 unspecified atom stereocenters. The summed E-state index contributed by atoms with van der Waals surface area (Å²) in [6.45, 7) is 6.16. The first-order chi connectivity index (χ1) is 13.8. The predicted molar refractivity (Wildman–Crippen MR) is 111 cm³/mol. The number of rotatable bonds is 10. The molecule has 0 saturated carbocycles. The van der Waals surface area contributed by atoms with Crippen LogP contribution in [0.15, 0.2) is 30.7 Å². The highest BCUT2D eigenvalue weighted by atomic mass is 32.2. The van der Waals surface area contributed by atoms with Crippen molar-refractivity contribution in [3.8, 4) is 5.69 Å². The Morgan fingerprint density at radius 3 is 2.69 bits per heavy atom. The maximum Gasteiger partial charge on any atom is 0.389 e. The van der Waals surface area contributed by atoms with Crippen LogP contribution in [0.4, 0.5) is 18.9 Å². The largest absolute Gasteiger partial charge is 0.389 e. The molecule has 0 fully saturated rings. The third-order valence-electron chi connectivity index (χ3n) is 4.36. The van der Waals surface area contributed by atoms with Crippen molar-refractivity contribution < 1.29 is 18.0 Å². The van der Waals surface area contributed by atoms with E-state index in [1.807, 2.05) is 32.2 Å². The Morgan fingerprint density at radius 1 is 1.34 bits per heavy atom. The molecule has 29 heavy (non-hydrogen) atoms. The van der Waals surface area contributed by atoms with Crippen molar-refractivity contribution in [3.63, 3.8) is 0 Å². The first kappa shape index (κ1) is 23.3. The van der Waals surface area contributed by atoms with Crippen molar-refractivity contribution in [1.29, 1.82) is 0 Å². The van der Waals surface area contributed by atoms with Crippen LogP contribution in [0, 0.1) is 5.92 Å². The number of alkyl halides is 3. The highest BCUT2D eigenvalue weighted by molar-refractivity contribution is 7.99. The van der Waals surface area contributed by atoms with Crippen LogP contribution in [0.5, 0.6) is 0 Å². The maximum absolute atomic E-state index is 13.0. The van der Waals surface area contributed by atoms with E-state index in [1.165, 1.54) is 0 Å². The van der Waals surface area contributed by atoms with Gasteiger partial charge in [-0.1, -0.05) is 20.3 Å². The van der Waals surface area contributed by atoms with E-state index in [9.17, 15) is 18.0 Å². The molecule has 2 aromatic heterocycles. The first-order valence-electron chi connectivity index (χ1n) is 9.71. The highest BCUT2D eigenvalue weighted by Crippen LogP contribution is 2.26. The summed E-state index contributed by atoms with van der Waals surface area (Å²) in [6.07, 6.45) is 1.81. The Bertz CT molecular complexity index is 780. The third-order valence-corrected chi connectivity index (χ3v) is 5.59. The van der Waals surface area contributed by atoms with Gasteiger partial charge in [0.2, 0.25) is 5.91 Å². The number of hydrogen-bond acceptors (Lipinski definition) is 4. The van der Waals surface area contributed by atoms with Gasteiger partial charge in [-0.25, -0.2) is 4.68 Å². The van der Waals surface area contributed by atoms with E-state index >= 15 is 0 Å². The summed E-state index contributed by atoms with van der Waals surface area (Å²) in [5.74, 6) is -0.169. The lowest BCUT2D eigenvalue weighted by Crippen LogP contribution is -2.36. The Kier molecular flexibility index (Phi) is 8.55. The number of thioether (sulfide) groups is 1. The second-order valence-corrected chi connectivity index (χ2v) is 7.94. The number of aromatic nitrogens is 3. The molecule has 160 valence electrons. The maximum atomic E-state index is 13.0. The van der Waals surface area contributed by atoms with E-state index in [4.69, 9.17) is 0 Å². The topological polar surface area (TPSA) is 51.0 Å². The first-order valence-corrected chi connectivity index (χ1v) is 10.9. The fraction of sp³-hybridized carbons (Fsp3) is 0.550. The minimum absolute atomic E-state index is 0.0345. The molecule has 1 amide bonds. The average Bonchev–Trinajstić information content (AvgIpc) is 3.09. The van der Waals surface area contributed by atoms with Gasteiger partial charge in [-0.05, 0) is 25.5 Å². The number of halogens is 3. The summed E-state index contributed by atoms with van der Waals surface area (Å²) in [6, 6.07) is 3.71. The van der Waals surface area contributed by atoms with Crippen molar-refractivity contribution in [2.45, 2.75) is 46.2 Å². The zero-order valence-corrected chi connectivity index (χ0v) is 17.8. The Hall–Kier alpha value is -2.03. The molecule has 5 nitrogen and oxygen atoms in total. The number of hydrogen-bond donors (Lipinski definition) is 0. The van der Waals surface area contributed by atoms with Gasteiger partial charge in [-0.3, -0.25) is 9.78 Å². The number of amides is 1. The molecule has 0 radical (unpaired) electrons. The molecule has 2 heterocycles. The normalized spacial score (nSPS) is 12.8. The zero-order valence-electron chi connectivity index (χ0n) is 16.9. The number of carbonyl (C=O) groups is 1. The molecule has 9 heteroatoms. The zero-order chi connectivity index (χ0) is 21.4. The van der Waals surface area contributed by atoms with Crippen molar-refractivity contribution in [2.75, 3.05) is 23.0 Å². The lowest BCUT2D eigenvalue weighted by Gasteiger charge is -2.24. The lowest BCUT2D eigenvalue weighted by atomic mass is 10.1. The lowest BCUT2D eigenvalue weighted by molar-refractivity contribution is -0.129. The van der Waals surface area contributed by atoms with Crippen LogP contribution in [0.2, 0.25) is 0 Å². The van der Waals surface area contributed by atoms with Crippen LogP contribution in [-0.4, -0.2) is 44.9 Å². The molecule has 1 atom stereocenters. The smallest absolute Gasteiger partial charge is 0.309 e. The summed E-state index contributed by atoms with van der Waals surface area (Å²) in [5, 5.41) is 4.64. The van der Waals surface area contributed by atoms with E-state index in [0.717, 1.165) is 41.7 Å². The van der Waals surface area contributed by atoms with Crippen LogP contribution in [-0.2, 0) is 11.2 Å². The minimum atomic E-state index is -4.16. The van der Waals surface area contributed by atoms with Crippen molar-refractivity contribution >= 4 is 23.4 Å². The predicted octanol–water partition coefficient (Wildman–Crippen LogP) is 4.89. The summed E-state index contributed by atoms with van der Waals surface area (Å²) in [7, 11) is 0. The fourth-order valence-electron chi connectivity index (χ4n) is 2.89. The fourth-order valence-corrected chi connectivity index (χ4v) is 3.93. The van der Waals surface area contributed by atoms with Gasteiger partial charge in [-0.2, -0.15) is 30.0 Å². The number of carbonyl (C=O) groups excluding carboxylic acids is 1. The quantitative estimate of drug-likeness (QED) is 0.506. The van der Waals surface area contributed by atoms with E-state index in [2.05, 4.69) is 10.1 Å². The van der Waals surface area contributed by atoms with Crippen molar-refractivity contribution in [1.82, 2.24) is 14.8 Å². The van der Waals surface area contributed by atoms with E-state index in [0.29, 0.717) is 12.3 Å². The van der Waals surface area contributed by atoms with Crippen LogP contribution < -0.4 is 4.90 Å². The SMILES string of the molecule is CCCc1nn(-c2cccnc2)cc1N(CC)C(=O)C(C)CSCCC(F)(F)F. The Balaban J connectivity index is 2.14. The van der Waals surface area contributed by atoms with E-state index < -0.39 is 12.6 Å². The molecule has 0 aliphatic heterocycles. The molecular weight excluding hydrogens is 401 g/mol. The van der Waals surface area contributed by atoms with Gasteiger partial charge in [0, 0.05) is 30.2 Å². The van der Waals surface area contributed by atoms with E-state index in [-0.39, 0.29) is 17.6 Å². The molecule has 0 aliphatic carbocycles. The molecule has 0 aliphatic rings. The molecule has 0 saturated heterocycles. The van der Waals surface area contributed by atoms with Gasteiger partial charge in [0.05, 0.1) is 35.9 Å². The second kappa shape index (κ2) is 10.7.